The first-order valence-electron chi connectivity index (χ1n) is 5.59. The van der Waals surface area contributed by atoms with E-state index in [-0.39, 0.29) is 24.4 Å². The first-order chi connectivity index (χ1) is 7.31. The fraction of sp³-hybridized carbons (Fsp3) is 0.818. The fourth-order valence-electron chi connectivity index (χ4n) is 1.35. The third kappa shape index (κ3) is 4.18. The monoisotopic (exact) mass is 230 g/mol. The van der Waals surface area contributed by atoms with Crippen LogP contribution in [0.15, 0.2) is 0 Å². The maximum Gasteiger partial charge on any atom is 0.323 e. The maximum absolute atomic E-state index is 12.0. The summed E-state index contributed by atoms with van der Waals surface area (Å²) in [6, 6.07) is -0.773. The lowest BCUT2D eigenvalue weighted by Crippen LogP contribution is -2.51. The molecule has 2 atom stereocenters. The second-order valence-corrected chi connectivity index (χ2v) is 4.36. The molecule has 0 fully saturated rings. The Labute approximate surface area is 96.6 Å². The zero-order valence-electron chi connectivity index (χ0n) is 10.4. The molecule has 0 aromatic heterocycles. The van der Waals surface area contributed by atoms with Crippen LogP contribution >= 0.6 is 0 Å². The Morgan fingerprint density at radius 2 is 1.81 bits per heavy atom. The second-order valence-electron chi connectivity index (χ2n) is 4.36. The van der Waals surface area contributed by atoms with E-state index in [2.05, 4.69) is 0 Å². The Hall–Kier alpha value is -1.10. The molecule has 1 amide bonds. The predicted octanol–water partition coefficient (Wildman–Crippen LogP) is 0.681. The number of carboxylic acids is 1. The number of rotatable bonds is 6. The van der Waals surface area contributed by atoms with Gasteiger partial charge in [0.25, 0.3) is 0 Å². The van der Waals surface area contributed by atoms with Crippen LogP contribution in [0.25, 0.3) is 0 Å². The fourth-order valence-corrected chi connectivity index (χ4v) is 1.35. The van der Waals surface area contributed by atoms with E-state index in [1.807, 2.05) is 13.8 Å². The van der Waals surface area contributed by atoms with Crippen molar-refractivity contribution in [2.45, 2.75) is 46.2 Å². The van der Waals surface area contributed by atoms with Crippen LogP contribution in [0.1, 0.15) is 34.1 Å². The molecule has 0 aliphatic carbocycles. The van der Waals surface area contributed by atoms with Crippen molar-refractivity contribution in [1.82, 2.24) is 4.90 Å². The summed E-state index contributed by atoms with van der Waals surface area (Å²) in [7, 11) is 0. The third-order valence-electron chi connectivity index (χ3n) is 2.75. The minimum absolute atomic E-state index is 0.0579. The summed E-state index contributed by atoms with van der Waals surface area (Å²) >= 11 is 0. The van der Waals surface area contributed by atoms with Gasteiger partial charge in [-0.2, -0.15) is 0 Å². The number of amides is 1. The summed E-state index contributed by atoms with van der Waals surface area (Å²) in [5, 5.41) is 8.72. The standard InChI is InChI=1S/C11H22N2O3/c1-5-8(4)10(12)11(16)13(7(2)3)6-9(14)15/h7-8,10H,5-6,12H2,1-4H3,(H,14,15)/t8-,10-/m0/s1. The number of nitrogens with two attached hydrogens (primary N) is 1. The highest BCUT2D eigenvalue weighted by Gasteiger charge is 2.27. The van der Waals surface area contributed by atoms with Crippen molar-refractivity contribution in [3.05, 3.63) is 0 Å². The molecule has 0 aliphatic heterocycles. The number of hydrogen-bond acceptors (Lipinski definition) is 3. The minimum atomic E-state index is -1.02. The summed E-state index contributed by atoms with van der Waals surface area (Å²) in [5.74, 6) is -1.24. The van der Waals surface area contributed by atoms with E-state index in [9.17, 15) is 9.59 Å². The minimum Gasteiger partial charge on any atom is -0.480 e. The highest BCUT2D eigenvalue weighted by Crippen LogP contribution is 2.10. The van der Waals surface area contributed by atoms with Crippen molar-refractivity contribution in [3.8, 4) is 0 Å². The SMILES string of the molecule is CC[C@H](C)[C@H](N)C(=O)N(CC(=O)O)C(C)C. The predicted molar refractivity (Wildman–Crippen MR) is 61.9 cm³/mol. The van der Waals surface area contributed by atoms with E-state index in [1.165, 1.54) is 4.90 Å². The normalized spacial score (nSPS) is 14.6. The van der Waals surface area contributed by atoms with Crippen LogP contribution in [0.3, 0.4) is 0 Å². The highest BCUT2D eigenvalue weighted by molar-refractivity contribution is 5.85. The van der Waals surface area contributed by atoms with Crippen molar-refractivity contribution in [2.24, 2.45) is 11.7 Å². The van der Waals surface area contributed by atoms with Crippen molar-refractivity contribution < 1.29 is 14.7 Å². The molecule has 94 valence electrons. The van der Waals surface area contributed by atoms with E-state index in [4.69, 9.17) is 10.8 Å². The smallest absolute Gasteiger partial charge is 0.323 e. The molecular formula is C11H22N2O3. The van der Waals surface area contributed by atoms with Crippen molar-refractivity contribution in [2.75, 3.05) is 6.54 Å². The molecule has 0 unspecified atom stereocenters. The zero-order valence-corrected chi connectivity index (χ0v) is 10.4. The van der Waals surface area contributed by atoms with Gasteiger partial charge < -0.3 is 15.7 Å². The van der Waals surface area contributed by atoms with Crippen LogP contribution in [0.5, 0.6) is 0 Å². The molecule has 5 nitrogen and oxygen atoms in total. The van der Waals surface area contributed by atoms with Gasteiger partial charge in [0, 0.05) is 6.04 Å². The van der Waals surface area contributed by atoms with Gasteiger partial charge in [0.1, 0.15) is 6.54 Å². The second kappa shape index (κ2) is 6.48. The molecule has 0 saturated heterocycles. The number of hydrogen-bond donors (Lipinski definition) is 2. The largest absolute Gasteiger partial charge is 0.480 e. The zero-order chi connectivity index (χ0) is 12.9. The van der Waals surface area contributed by atoms with E-state index >= 15 is 0 Å². The lowest BCUT2D eigenvalue weighted by molar-refractivity contribution is -0.146. The van der Waals surface area contributed by atoms with Crippen molar-refractivity contribution in [1.29, 1.82) is 0 Å². The Morgan fingerprint density at radius 3 is 2.12 bits per heavy atom. The van der Waals surface area contributed by atoms with Gasteiger partial charge in [0.05, 0.1) is 6.04 Å². The molecule has 3 N–H and O–H groups in total. The van der Waals surface area contributed by atoms with Crippen LogP contribution in [0, 0.1) is 5.92 Å². The molecule has 5 heteroatoms. The summed E-state index contributed by atoms with van der Waals surface area (Å²) in [5.41, 5.74) is 5.80. The third-order valence-corrected chi connectivity index (χ3v) is 2.75. The van der Waals surface area contributed by atoms with Gasteiger partial charge in [-0.1, -0.05) is 20.3 Å². The lowest BCUT2D eigenvalue weighted by atomic mass is 9.98. The van der Waals surface area contributed by atoms with Gasteiger partial charge in [-0.25, -0.2) is 0 Å². The van der Waals surface area contributed by atoms with E-state index in [0.717, 1.165) is 6.42 Å². The van der Waals surface area contributed by atoms with Gasteiger partial charge in [0.15, 0.2) is 0 Å². The van der Waals surface area contributed by atoms with Crippen LogP contribution in [0.2, 0.25) is 0 Å². The molecule has 0 spiro atoms. The average Bonchev–Trinajstić information content (AvgIpc) is 2.22. The first-order valence-corrected chi connectivity index (χ1v) is 5.59. The summed E-state index contributed by atoms with van der Waals surface area (Å²) in [6.45, 7) is 7.12. The first kappa shape index (κ1) is 14.9. The molecule has 0 aliphatic rings. The van der Waals surface area contributed by atoms with Gasteiger partial charge in [-0.05, 0) is 19.8 Å². The van der Waals surface area contributed by atoms with Crippen molar-refractivity contribution >= 4 is 11.9 Å². The molecule has 16 heavy (non-hydrogen) atoms. The molecule has 0 rings (SSSR count). The summed E-state index contributed by atoms with van der Waals surface area (Å²) in [6.07, 6.45) is 0.798. The summed E-state index contributed by atoms with van der Waals surface area (Å²) < 4.78 is 0. The molecule has 0 aromatic rings. The maximum atomic E-state index is 12.0. The van der Waals surface area contributed by atoms with Gasteiger partial charge in [-0.3, -0.25) is 9.59 Å². The van der Waals surface area contributed by atoms with E-state index in [0.29, 0.717) is 0 Å². The molecule has 0 heterocycles. The van der Waals surface area contributed by atoms with E-state index < -0.39 is 12.0 Å². The molecule has 0 saturated carbocycles. The molecule has 0 bridgehead atoms. The quantitative estimate of drug-likeness (QED) is 0.703. The number of carbonyl (C=O) groups is 2. The summed E-state index contributed by atoms with van der Waals surface area (Å²) in [4.78, 5) is 23.9. The van der Waals surface area contributed by atoms with Crippen LogP contribution in [-0.2, 0) is 9.59 Å². The van der Waals surface area contributed by atoms with Crippen molar-refractivity contribution in [3.63, 3.8) is 0 Å². The topological polar surface area (TPSA) is 83.6 Å². The van der Waals surface area contributed by atoms with Gasteiger partial charge in [-0.15, -0.1) is 0 Å². The number of carbonyl (C=O) groups excluding carboxylic acids is 1. The Bertz CT molecular complexity index is 254. The Morgan fingerprint density at radius 1 is 1.31 bits per heavy atom. The molecular weight excluding hydrogens is 208 g/mol. The number of nitrogens with zero attached hydrogens (tertiary/aromatic N) is 1. The lowest BCUT2D eigenvalue weighted by Gasteiger charge is -2.29. The van der Waals surface area contributed by atoms with Crippen LogP contribution < -0.4 is 5.73 Å². The van der Waals surface area contributed by atoms with Crippen LogP contribution in [-0.4, -0.2) is 40.5 Å². The van der Waals surface area contributed by atoms with Crippen LogP contribution in [0.4, 0.5) is 0 Å². The number of aliphatic carboxylic acids is 1. The van der Waals surface area contributed by atoms with Gasteiger partial charge in [0.2, 0.25) is 5.91 Å². The van der Waals surface area contributed by atoms with E-state index in [1.54, 1.807) is 13.8 Å². The Balaban J connectivity index is 4.67. The number of carboxylic acid groups (broad SMARTS) is 1. The molecule has 0 aromatic carbocycles. The Kier molecular flexibility index (Phi) is 6.03. The van der Waals surface area contributed by atoms with Gasteiger partial charge >= 0.3 is 5.97 Å². The highest BCUT2D eigenvalue weighted by atomic mass is 16.4. The molecule has 0 radical (unpaired) electrons. The average molecular weight is 230 g/mol.